The van der Waals surface area contributed by atoms with Gasteiger partial charge >= 0.3 is 0 Å². The van der Waals surface area contributed by atoms with Gasteiger partial charge < -0.3 is 10.2 Å². The summed E-state index contributed by atoms with van der Waals surface area (Å²) in [5.41, 5.74) is 0. The predicted molar refractivity (Wildman–Crippen MR) is 41.9 cm³/mol. The normalized spacial score (nSPS) is 13.3. The molecule has 0 saturated heterocycles. The van der Waals surface area contributed by atoms with Crippen LogP contribution in [0.2, 0.25) is 0 Å². The first-order valence-electron chi connectivity index (χ1n) is 3.36. The van der Waals surface area contributed by atoms with Gasteiger partial charge in [-0.3, -0.25) is 9.87 Å². The highest BCUT2D eigenvalue weighted by Gasteiger charge is 2.13. The molecule has 0 unspecified atom stereocenters. The molecule has 0 aromatic rings. The van der Waals surface area contributed by atoms with Crippen molar-refractivity contribution in [2.45, 2.75) is 19.3 Å². The van der Waals surface area contributed by atoms with Gasteiger partial charge in [-0.2, -0.15) is 8.42 Å². The van der Waals surface area contributed by atoms with Crippen LogP contribution >= 0.6 is 0 Å². The monoisotopic (exact) mass is 199 g/mol. The van der Waals surface area contributed by atoms with Gasteiger partial charge in [0.15, 0.2) is 0 Å². The van der Waals surface area contributed by atoms with E-state index in [9.17, 15) is 8.42 Å². The van der Waals surface area contributed by atoms with Crippen LogP contribution in [0.15, 0.2) is 0 Å². The van der Waals surface area contributed by atoms with Crippen LogP contribution in [0.1, 0.15) is 13.3 Å². The van der Waals surface area contributed by atoms with Crippen LogP contribution in [-0.2, 0) is 10.1 Å². The molecule has 0 aromatic carbocycles. The molecule has 0 radical (unpaired) electrons. The van der Waals surface area contributed by atoms with E-state index in [-0.39, 0.29) is 13.0 Å². The highest BCUT2D eigenvalue weighted by atomic mass is 32.2. The summed E-state index contributed by atoms with van der Waals surface area (Å²) in [5, 5.41) is 19.6. The Bertz CT molecular complexity index is 216. The van der Waals surface area contributed by atoms with Gasteiger partial charge in [-0.15, -0.1) is 0 Å². The molecule has 0 aliphatic carbocycles. The van der Waals surface area contributed by atoms with E-state index in [1.807, 2.05) is 0 Å². The Labute approximate surface area is 71.0 Å². The van der Waals surface area contributed by atoms with Gasteiger partial charge in [0.25, 0.3) is 10.1 Å². The summed E-state index contributed by atoms with van der Waals surface area (Å²) in [5.74, 6) is -2.39. The van der Waals surface area contributed by atoms with E-state index in [4.69, 9.17) is 14.8 Å². The molecule has 0 fully saturated rings. The first-order chi connectivity index (χ1) is 5.21. The molecule has 0 aliphatic heterocycles. The first-order valence-corrected chi connectivity index (χ1v) is 4.96. The highest BCUT2D eigenvalue weighted by Crippen LogP contribution is 1.91. The van der Waals surface area contributed by atoms with Crippen molar-refractivity contribution in [1.29, 1.82) is 0 Å². The fourth-order valence-corrected chi connectivity index (χ4v) is 1.09. The Morgan fingerprint density at radius 2 is 1.92 bits per heavy atom. The van der Waals surface area contributed by atoms with Crippen LogP contribution < -0.4 is 5.32 Å². The first kappa shape index (κ1) is 11.8. The van der Waals surface area contributed by atoms with E-state index < -0.39 is 21.8 Å². The molecular formula is C5H13NO5S. The Morgan fingerprint density at radius 3 is 2.25 bits per heavy atom. The fourth-order valence-electron chi connectivity index (χ4n) is 0.580. The molecule has 0 heterocycles. The van der Waals surface area contributed by atoms with Gasteiger partial charge in [0.2, 0.25) is 5.91 Å². The molecule has 4 N–H and O–H groups in total. The van der Waals surface area contributed by atoms with E-state index in [0.29, 0.717) is 0 Å². The summed E-state index contributed by atoms with van der Waals surface area (Å²) in [4.78, 5) is 0. The minimum absolute atomic E-state index is 0.100. The number of hydrogen-bond acceptors (Lipinski definition) is 5. The molecule has 0 bridgehead atoms. The smallest absolute Gasteiger partial charge is 0.264 e. The summed E-state index contributed by atoms with van der Waals surface area (Å²) in [6.07, 6.45) is 0.121. The van der Waals surface area contributed by atoms with Crippen molar-refractivity contribution < 1.29 is 23.2 Å². The third-order valence-corrected chi connectivity index (χ3v) is 1.84. The van der Waals surface area contributed by atoms with Crippen LogP contribution in [0.3, 0.4) is 0 Å². The summed E-state index contributed by atoms with van der Waals surface area (Å²) < 4.78 is 28.6. The lowest BCUT2D eigenvalue weighted by atomic mass is 10.4. The van der Waals surface area contributed by atoms with E-state index in [0.717, 1.165) is 6.92 Å². The molecule has 0 aliphatic rings. The topological polar surface area (TPSA) is 107 Å². The lowest BCUT2D eigenvalue weighted by Gasteiger charge is -2.16. The molecule has 0 spiro atoms. The van der Waals surface area contributed by atoms with Crippen molar-refractivity contribution in [1.82, 2.24) is 5.32 Å². The molecular weight excluding hydrogens is 186 g/mol. The highest BCUT2D eigenvalue weighted by molar-refractivity contribution is 7.85. The van der Waals surface area contributed by atoms with Gasteiger partial charge in [0.05, 0.1) is 5.75 Å². The molecule has 0 atom stereocenters. The number of aliphatic hydroxyl groups is 2. The lowest BCUT2D eigenvalue weighted by molar-refractivity contribution is -0.169. The number of rotatable bonds is 5. The van der Waals surface area contributed by atoms with E-state index in [1.165, 1.54) is 0 Å². The van der Waals surface area contributed by atoms with E-state index in [1.54, 1.807) is 0 Å². The van der Waals surface area contributed by atoms with Gasteiger partial charge in [-0.05, 0) is 6.42 Å². The Morgan fingerprint density at radius 1 is 1.42 bits per heavy atom. The third kappa shape index (κ3) is 9.79. The van der Waals surface area contributed by atoms with Crippen molar-refractivity contribution in [2.75, 3.05) is 12.3 Å². The predicted octanol–water partition coefficient (Wildman–Crippen LogP) is -1.49. The molecule has 7 heteroatoms. The summed E-state index contributed by atoms with van der Waals surface area (Å²) >= 11 is 0. The molecule has 12 heavy (non-hydrogen) atoms. The molecule has 0 saturated carbocycles. The second-order valence-electron chi connectivity index (χ2n) is 2.59. The van der Waals surface area contributed by atoms with Crippen LogP contribution in [-0.4, -0.2) is 41.4 Å². The van der Waals surface area contributed by atoms with E-state index >= 15 is 0 Å². The zero-order valence-electron chi connectivity index (χ0n) is 6.69. The fraction of sp³-hybridized carbons (Fsp3) is 1.00. The quantitative estimate of drug-likeness (QED) is 0.244. The minimum Gasteiger partial charge on any atom is -0.354 e. The number of hydrogen-bond donors (Lipinski definition) is 4. The summed E-state index contributed by atoms with van der Waals surface area (Å²) in [6.45, 7) is 1.21. The minimum atomic E-state index is -3.95. The van der Waals surface area contributed by atoms with Crippen molar-refractivity contribution in [3.05, 3.63) is 0 Å². The van der Waals surface area contributed by atoms with Crippen molar-refractivity contribution in [3.63, 3.8) is 0 Å². The standard InChI is InChI=1S/C5H13NO5S/c1-5(7,8)6-3-2-4-12(9,10)11/h6-8H,2-4H2,1H3,(H,9,10,11). The zero-order chi connectivity index (χ0) is 9.83. The van der Waals surface area contributed by atoms with Crippen LogP contribution in [0.25, 0.3) is 0 Å². The van der Waals surface area contributed by atoms with Crippen molar-refractivity contribution in [3.8, 4) is 0 Å². The molecule has 74 valence electrons. The Kier molecular flexibility index (Phi) is 4.08. The Hall–Kier alpha value is -0.210. The van der Waals surface area contributed by atoms with Gasteiger partial charge in [-0.1, -0.05) is 0 Å². The van der Waals surface area contributed by atoms with Crippen molar-refractivity contribution in [2.24, 2.45) is 0 Å². The largest absolute Gasteiger partial charge is 0.354 e. The summed E-state index contributed by atoms with van der Waals surface area (Å²) in [6, 6.07) is 0. The van der Waals surface area contributed by atoms with Gasteiger partial charge in [0.1, 0.15) is 0 Å². The second kappa shape index (κ2) is 4.15. The second-order valence-corrected chi connectivity index (χ2v) is 4.16. The summed E-state index contributed by atoms with van der Waals surface area (Å²) in [7, 11) is -3.95. The van der Waals surface area contributed by atoms with E-state index in [2.05, 4.69) is 5.32 Å². The van der Waals surface area contributed by atoms with Crippen LogP contribution in [0.5, 0.6) is 0 Å². The average molecular weight is 199 g/mol. The van der Waals surface area contributed by atoms with Crippen molar-refractivity contribution >= 4 is 10.1 Å². The van der Waals surface area contributed by atoms with Crippen LogP contribution in [0, 0.1) is 0 Å². The maximum atomic E-state index is 10.2. The maximum absolute atomic E-state index is 10.2. The van der Waals surface area contributed by atoms with Gasteiger partial charge in [0, 0.05) is 13.5 Å². The molecule has 0 rings (SSSR count). The molecule has 6 nitrogen and oxygen atoms in total. The maximum Gasteiger partial charge on any atom is 0.264 e. The molecule has 0 aromatic heterocycles. The SMILES string of the molecule is CC(O)(O)NCCCS(=O)(=O)O. The van der Waals surface area contributed by atoms with Crippen LogP contribution in [0.4, 0.5) is 0 Å². The molecule has 0 amide bonds. The zero-order valence-corrected chi connectivity index (χ0v) is 7.50. The third-order valence-electron chi connectivity index (χ3n) is 1.04. The average Bonchev–Trinajstić information content (AvgIpc) is 1.76. The lowest BCUT2D eigenvalue weighted by Crippen LogP contribution is -2.42. The van der Waals surface area contributed by atoms with Gasteiger partial charge in [-0.25, -0.2) is 0 Å². The number of nitrogens with one attached hydrogen (secondary N) is 1. The Balaban J connectivity index is 3.48.